The van der Waals surface area contributed by atoms with Gasteiger partial charge in [0.25, 0.3) is 5.91 Å². The van der Waals surface area contributed by atoms with Crippen LogP contribution in [-0.4, -0.2) is 37.2 Å². The van der Waals surface area contributed by atoms with Crippen molar-refractivity contribution in [1.82, 2.24) is 9.97 Å². The molecule has 0 spiro atoms. The van der Waals surface area contributed by atoms with Crippen LogP contribution in [0.15, 0.2) is 79.0 Å². The molecule has 34 heavy (non-hydrogen) atoms. The highest BCUT2D eigenvalue weighted by Gasteiger charge is 2.12. The summed E-state index contributed by atoms with van der Waals surface area (Å²) in [5.74, 6) is 3.03. The average molecular weight is 457 g/mol. The van der Waals surface area contributed by atoms with E-state index < -0.39 is 0 Å². The number of methoxy groups -OCH3 is 3. The van der Waals surface area contributed by atoms with Crippen LogP contribution >= 0.6 is 0 Å². The lowest BCUT2D eigenvalue weighted by Crippen LogP contribution is -2.12. The average Bonchev–Trinajstić information content (AvgIpc) is 2.89. The first kappa shape index (κ1) is 22.6. The highest BCUT2D eigenvalue weighted by Crippen LogP contribution is 2.27. The smallest absolute Gasteiger partial charge is 0.255 e. The summed E-state index contributed by atoms with van der Waals surface area (Å²) in [4.78, 5) is 21.7. The summed E-state index contributed by atoms with van der Waals surface area (Å²) < 4.78 is 21.5. The van der Waals surface area contributed by atoms with Crippen molar-refractivity contribution in [3.05, 3.63) is 84.6 Å². The van der Waals surface area contributed by atoms with E-state index in [0.717, 1.165) is 5.75 Å². The van der Waals surface area contributed by atoms with Crippen molar-refractivity contribution in [2.24, 2.45) is 0 Å². The van der Waals surface area contributed by atoms with Crippen molar-refractivity contribution in [2.75, 3.05) is 26.6 Å². The number of hydrogen-bond donors (Lipinski definition) is 1. The maximum atomic E-state index is 12.9. The fourth-order valence-corrected chi connectivity index (χ4v) is 3.18. The summed E-state index contributed by atoms with van der Waals surface area (Å²) in [5, 5.41) is 2.87. The van der Waals surface area contributed by atoms with Crippen molar-refractivity contribution in [2.45, 2.75) is 0 Å². The van der Waals surface area contributed by atoms with Crippen LogP contribution < -0.4 is 24.3 Å². The Hall–Kier alpha value is -4.59. The van der Waals surface area contributed by atoms with E-state index in [-0.39, 0.29) is 5.91 Å². The number of anilines is 1. The standard InChI is InChI=1S/C26H23N3O5/c1-31-20-7-9-21(10-8-20)34-24-11-12-27-25(29-24)17-5-4-6-18(13-17)26(30)28-19-14-22(32-2)16-23(15-19)33-3/h4-16H,1-3H3,(H,28,30). The molecule has 1 amide bonds. The fraction of sp³-hybridized carbons (Fsp3) is 0.115. The van der Waals surface area contributed by atoms with Crippen LogP contribution in [0.1, 0.15) is 10.4 Å². The van der Waals surface area contributed by atoms with Crippen LogP contribution in [0.4, 0.5) is 5.69 Å². The fourth-order valence-electron chi connectivity index (χ4n) is 3.18. The van der Waals surface area contributed by atoms with Crippen molar-refractivity contribution >= 4 is 11.6 Å². The van der Waals surface area contributed by atoms with Crippen molar-refractivity contribution in [1.29, 1.82) is 0 Å². The summed E-state index contributed by atoms with van der Waals surface area (Å²) in [6.45, 7) is 0. The van der Waals surface area contributed by atoms with Gasteiger partial charge in [-0.3, -0.25) is 4.79 Å². The van der Waals surface area contributed by atoms with E-state index in [4.69, 9.17) is 18.9 Å². The molecule has 0 aliphatic carbocycles. The Morgan fingerprint density at radius 2 is 1.44 bits per heavy atom. The van der Waals surface area contributed by atoms with Crippen LogP contribution in [-0.2, 0) is 0 Å². The Morgan fingerprint density at radius 3 is 2.12 bits per heavy atom. The molecule has 0 saturated carbocycles. The molecule has 0 aliphatic rings. The second-order valence-electron chi connectivity index (χ2n) is 7.13. The van der Waals surface area contributed by atoms with Crippen LogP contribution in [0.2, 0.25) is 0 Å². The lowest BCUT2D eigenvalue weighted by atomic mass is 10.1. The predicted molar refractivity (Wildman–Crippen MR) is 128 cm³/mol. The van der Waals surface area contributed by atoms with Gasteiger partial charge in [-0.15, -0.1) is 0 Å². The normalized spacial score (nSPS) is 10.3. The molecule has 0 aliphatic heterocycles. The van der Waals surface area contributed by atoms with Gasteiger partial charge in [0.1, 0.15) is 23.0 Å². The molecule has 8 heteroatoms. The maximum absolute atomic E-state index is 12.9. The monoisotopic (exact) mass is 457 g/mol. The summed E-state index contributed by atoms with van der Waals surface area (Å²) in [6, 6.07) is 21.1. The first-order chi connectivity index (χ1) is 16.6. The second kappa shape index (κ2) is 10.4. The Morgan fingerprint density at radius 1 is 0.765 bits per heavy atom. The number of rotatable bonds is 8. The first-order valence-corrected chi connectivity index (χ1v) is 10.4. The van der Waals surface area contributed by atoms with Crippen LogP contribution in [0.25, 0.3) is 11.4 Å². The number of amides is 1. The van der Waals surface area contributed by atoms with Gasteiger partial charge in [-0.25, -0.2) is 4.98 Å². The number of carbonyl (C=O) groups is 1. The van der Waals surface area contributed by atoms with Crippen molar-refractivity contribution in [3.63, 3.8) is 0 Å². The van der Waals surface area contributed by atoms with Gasteiger partial charge >= 0.3 is 0 Å². The van der Waals surface area contributed by atoms with Crippen molar-refractivity contribution < 1.29 is 23.7 Å². The molecule has 0 bridgehead atoms. The number of nitrogens with zero attached hydrogens (tertiary/aromatic N) is 2. The molecule has 0 unspecified atom stereocenters. The second-order valence-corrected chi connectivity index (χ2v) is 7.13. The van der Waals surface area contributed by atoms with Gasteiger partial charge in [0.15, 0.2) is 5.82 Å². The molecule has 1 heterocycles. The molecule has 0 fully saturated rings. The quantitative estimate of drug-likeness (QED) is 0.388. The minimum Gasteiger partial charge on any atom is -0.497 e. The molecule has 4 aromatic rings. The van der Waals surface area contributed by atoms with E-state index in [2.05, 4.69) is 15.3 Å². The molecular weight excluding hydrogens is 434 g/mol. The predicted octanol–water partition coefficient (Wildman–Crippen LogP) is 5.21. The molecule has 1 aromatic heterocycles. The van der Waals surface area contributed by atoms with Crippen LogP contribution in [0.5, 0.6) is 28.9 Å². The molecular formula is C26H23N3O5. The Kier molecular flexibility index (Phi) is 6.88. The lowest BCUT2D eigenvalue weighted by Gasteiger charge is -2.11. The van der Waals surface area contributed by atoms with E-state index in [1.54, 1.807) is 94.3 Å². The van der Waals surface area contributed by atoms with E-state index in [9.17, 15) is 4.79 Å². The minimum absolute atomic E-state index is 0.289. The van der Waals surface area contributed by atoms with Crippen LogP contribution in [0, 0.1) is 0 Å². The molecule has 1 N–H and O–H groups in total. The number of ether oxygens (including phenoxy) is 4. The van der Waals surface area contributed by atoms with E-state index >= 15 is 0 Å². The zero-order valence-corrected chi connectivity index (χ0v) is 18.9. The zero-order valence-electron chi connectivity index (χ0n) is 18.9. The van der Waals surface area contributed by atoms with E-state index in [0.29, 0.717) is 45.8 Å². The molecule has 3 aromatic carbocycles. The van der Waals surface area contributed by atoms with Gasteiger partial charge < -0.3 is 24.3 Å². The third kappa shape index (κ3) is 5.42. The molecule has 0 atom stereocenters. The lowest BCUT2D eigenvalue weighted by molar-refractivity contribution is 0.102. The number of benzene rings is 3. The number of nitrogens with one attached hydrogen (secondary N) is 1. The van der Waals surface area contributed by atoms with Gasteiger partial charge in [-0.2, -0.15) is 4.98 Å². The summed E-state index contributed by atoms with van der Waals surface area (Å²) in [6.07, 6.45) is 1.61. The Bertz CT molecular complexity index is 1270. The third-order valence-electron chi connectivity index (χ3n) is 4.90. The molecule has 0 saturated heterocycles. The summed E-state index contributed by atoms with van der Waals surface area (Å²) >= 11 is 0. The topological polar surface area (TPSA) is 91.8 Å². The van der Waals surface area contributed by atoms with Gasteiger partial charge in [0, 0.05) is 47.3 Å². The Balaban J connectivity index is 1.53. The SMILES string of the molecule is COc1ccc(Oc2ccnc(-c3cccc(C(=O)Nc4cc(OC)cc(OC)c4)c3)n2)cc1. The largest absolute Gasteiger partial charge is 0.497 e. The summed E-state index contributed by atoms with van der Waals surface area (Å²) in [5.41, 5.74) is 1.68. The minimum atomic E-state index is -0.289. The van der Waals surface area contributed by atoms with E-state index in [1.807, 2.05) is 6.07 Å². The molecule has 8 nitrogen and oxygen atoms in total. The number of hydrogen-bond acceptors (Lipinski definition) is 7. The molecule has 172 valence electrons. The van der Waals surface area contributed by atoms with Crippen molar-refractivity contribution in [3.8, 4) is 40.3 Å². The highest BCUT2D eigenvalue weighted by atomic mass is 16.5. The molecule has 0 radical (unpaired) electrons. The van der Waals surface area contributed by atoms with Gasteiger partial charge in [0.2, 0.25) is 5.88 Å². The maximum Gasteiger partial charge on any atom is 0.255 e. The summed E-state index contributed by atoms with van der Waals surface area (Å²) in [7, 11) is 4.71. The zero-order chi connectivity index (χ0) is 23.9. The number of carbonyl (C=O) groups excluding carboxylic acids is 1. The van der Waals surface area contributed by atoms with Gasteiger partial charge in [0.05, 0.1) is 21.3 Å². The van der Waals surface area contributed by atoms with Crippen LogP contribution in [0.3, 0.4) is 0 Å². The highest BCUT2D eigenvalue weighted by molar-refractivity contribution is 6.05. The first-order valence-electron chi connectivity index (χ1n) is 10.4. The van der Waals surface area contributed by atoms with Gasteiger partial charge in [-0.05, 0) is 36.4 Å². The molecule has 4 rings (SSSR count). The third-order valence-corrected chi connectivity index (χ3v) is 4.90. The number of aromatic nitrogens is 2. The van der Waals surface area contributed by atoms with E-state index in [1.165, 1.54) is 0 Å². The Labute approximate surface area is 197 Å². The van der Waals surface area contributed by atoms with Gasteiger partial charge in [-0.1, -0.05) is 12.1 Å².